The lowest BCUT2D eigenvalue weighted by Gasteiger charge is -2.19. The molecule has 25 heavy (non-hydrogen) atoms. The van der Waals surface area contributed by atoms with Crippen LogP contribution in [-0.4, -0.2) is 44.4 Å². The van der Waals surface area contributed by atoms with E-state index in [2.05, 4.69) is 37.6 Å². The standard InChI is InChI=1S/C18H28N4O2S/c1-7-22(8-2)9-10-25-15-13(12(3)4)11-19-16-14(15)17(23)21(6)18(24)20(16)5/h11-12H,7-10H2,1-6H3. The Morgan fingerprint density at radius 1 is 1.16 bits per heavy atom. The number of nitrogens with zero attached hydrogens (tertiary/aromatic N) is 4. The predicted molar refractivity (Wildman–Crippen MR) is 105 cm³/mol. The van der Waals surface area contributed by atoms with Gasteiger partial charge in [0.25, 0.3) is 5.56 Å². The Morgan fingerprint density at radius 2 is 1.80 bits per heavy atom. The molecule has 0 saturated carbocycles. The predicted octanol–water partition coefficient (Wildman–Crippen LogP) is 2.19. The molecule has 0 aliphatic rings. The number of aromatic nitrogens is 3. The molecule has 0 saturated heterocycles. The fraction of sp³-hybridized carbons (Fsp3) is 0.611. The molecule has 2 aromatic heterocycles. The molecule has 0 aromatic carbocycles. The minimum atomic E-state index is -0.346. The van der Waals surface area contributed by atoms with Crippen molar-refractivity contribution in [1.82, 2.24) is 19.0 Å². The van der Waals surface area contributed by atoms with Crippen LogP contribution in [0.5, 0.6) is 0 Å². The van der Waals surface area contributed by atoms with Crippen LogP contribution in [0.2, 0.25) is 0 Å². The average molecular weight is 365 g/mol. The second kappa shape index (κ2) is 8.19. The van der Waals surface area contributed by atoms with Gasteiger partial charge < -0.3 is 4.90 Å². The third-order valence-electron chi connectivity index (χ3n) is 4.62. The SMILES string of the molecule is CCN(CC)CCSc1c(C(C)C)cnc2c1c(=O)n(C)c(=O)n2C. The first-order valence-corrected chi connectivity index (χ1v) is 9.75. The fourth-order valence-electron chi connectivity index (χ4n) is 2.90. The molecule has 2 heterocycles. The highest BCUT2D eigenvalue weighted by atomic mass is 32.2. The summed E-state index contributed by atoms with van der Waals surface area (Å²) in [6.45, 7) is 11.5. The van der Waals surface area contributed by atoms with E-state index in [9.17, 15) is 9.59 Å². The first-order chi connectivity index (χ1) is 11.8. The Bertz CT molecular complexity index is 866. The third kappa shape index (κ3) is 3.82. The summed E-state index contributed by atoms with van der Waals surface area (Å²) in [5.74, 6) is 1.15. The lowest BCUT2D eigenvalue weighted by Crippen LogP contribution is -2.37. The molecular weight excluding hydrogens is 336 g/mol. The Hall–Kier alpha value is -1.60. The molecule has 7 heteroatoms. The molecule has 0 bridgehead atoms. The number of rotatable bonds is 7. The lowest BCUT2D eigenvalue weighted by atomic mass is 10.0. The van der Waals surface area contributed by atoms with Crippen LogP contribution < -0.4 is 11.2 Å². The zero-order valence-electron chi connectivity index (χ0n) is 16.0. The summed E-state index contributed by atoms with van der Waals surface area (Å²) in [6.07, 6.45) is 1.81. The highest BCUT2D eigenvalue weighted by molar-refractivity contribution is 7.99. The third-order valence-corrected chi connectivity index (χ3v) is 5.73. The molecule has 138 valence electrons. The summed E-state index contributed by atoms with van der Waals surface area (Å²) in [5.41, 5.74) is 0.912. The summed E-state index contributed by atoms with van der Waals surface area (Å²) in [5, 5.41) is 0.556. The van der Waals surface area contributed by atoms with Crippen molar-refractivity contribution in [3.8, 4) is 0 Å². The van der Waals surface area contributed by atoms with Crippen molar-refractivity contribution in [2.45, 2.75) is 38.5 Å². The summed E-state index contributed by atoms with van der Waals surface area (Å²) in [6, 6.07) is 0. The average Bonchev–Trinajstić information content (AvgIpc) is 2.60. The van der Waals surface area contributed by atoms with Gasteiger partial charge in [-0.15, -0.1) is 11.8 Å². The van der Waals surface area contributed by atoms with E-state index in [0.717, 1.165) is 35.8 Å². The van der Waals surface area contributed by atoms with Crippen LogP contribution in [0.3, 0.4) is 0 Å². The summed E-state index contributed by atoms with van der Waals surface area (Å²) in [4.78, 5) is 32.7. The van der Waals surface area contributed by atoms with Gasteiger partial charge in [0.2, 0.25) is 0 Å². The minimum Gasteiger partial charge on any atom is -0.303 e. The molecule has 0 unspecified atom stereocenters. The van der Waals surface area contributed by atoms with Crippen molar-refractivity contribution >= 4 is 22.8 Å². The zero-order valence-corrected chi connectivity index (χ0v) is 16.8. The van der Waals surface area contributed by atoms with Gasteiger partial charge in [0.05, 0.1) is 5.39 Å². The van der Waals surface area contributed by atoms with Crippen LogP contribution in [0.15, 0.2) is 20.7 Å². The van der Waals surface area contributed by atoms with Gasteiger partial charge in [-0.3, -0.25) is 13.9 Å². The molecule has 2 rings (SSSR count). The van der Waals surface area contributed by atoms with Crippen molar-refractivity contribution < 1.29 is 0 Å². The second-order valence-electron chi connectivity index (χ2n) is 6.48. The first-order valence-electron chi connectivity index (χ1n) is 8.77. The summed E-state index contributed by atoms with van der Waals surface area (Å²) in [7, 11) is 3.19. The van der Waals surface area contributed by atoms with Crippen molar-refractivity contribution in [3.63, 3.8) is 0 Å². The number of hydrogen-bond acceptors (Lipinski definition) is 5. The fourth-order valence-corrected chi connectivity index (χ4v) is 4.23. The monoisotopic (exact) mass is 364 g/mol. The summed E-state index contributed by atoms with van der Waals surface area (Å²) >= 11 is 1.69. The quantitative estimate of drug-likeness (QED) is 0.705. The topological polar surface area (TPSA) is 60.1 Å². The Labute approximate surface area is 152 Å². The number of fused-ring (bicyclic) bond motifs is 1. The van der Waals surface area contributed by atoms with E-state index in [1.165, 1.54) is 16.2 Å². The maximum Gasteiger partial charge on any atom is 0.332 e. The van der Waals surface area contributed by atoms with Crippen LogP contribution in [0, 0.1) is 0 Å². The van der Waals surface area contributed by atoms with Crippen LogP contribution in [-0.2, 0) is 14.1 Å². The molecule has 0 aliphatic carbocycles. The van der Waals surface area contributed by atoms with Gasteiger partial charge in [-0.1, -0.05) is 27.7 Å². The number of hydrogen-bond donors (Lipinski definition) is 0. The zero-order chi connectivity index (χ0) is 18.7. The summed E-state index contributed by atoms with van der Waals surface area (Å²) < 4.78 is 2.62. The smallest absolute Gasteiger partial charge is 0.303 e. The van der Waals surface area contributed by atoms with Gasteiger partial charge in [0.1, 0.15) is 5.65 Å². The van der Waals surface area contributed by atoms with Crippen molar-refractivity contribution in [2.24, 2.45) is 14.1 Å². The van der Waals surface area contributed by atoms with Crippen molar-refractivity contribution in [1.29, 1.82) is 0 Å². The molecule has 0 aliphatic heterocycles. The van der Waals surface area contributed by atoms with Crippen molar-refractivity contribution in [2.75, 3.05) is 25.4 Å². The number of aryl methyl sites for hydroxylation is 1. The van der Waals surface area contributed by atoms with Crippen molar-refractivity contribution in [3.05, 3.63) is 32.6 Å². The Kier molecular flexibility index (Phi) is 6.46. The number of thioether (sulfide) groups is 1. The molecule has 0 spiro atoms. The van der Waals surface area contributed by atoms with Gasteiger partial charge >= 0.3 is 5.69 Å². The van der Waals surface area contributed by atoms with Crippen LogP contribution in [0.1, 0.15) is 39.2 Å². The minimum absolute atomic E-state index is 0.259. The van der Waals surface area contributed by atoms with Crippen LogP contribution in [0.25, 0.3) is 11.0 Å². The van der Waals surface area contributed by atoms with Gasteiger partial charge in [-0.25, -0.2) is 9.78 Å². The van der Waals surface area contributed by atoms with Gasteiger partial charge in [-0.2, -0.15) is 0 Å². The molecule has 0 amide bonds. The van der Waals surface area contributed by atoms with Gasteiger partial charge in [-0.05, 0) is 24.6 Å². The molecule has 0 N–H and O–H groups in total. The maximum absolute atomic E-state index is 12.8. The highest BCUT2D eigenvalue weighted by Gasteiger charge is 2.19. The molecule has 6 nitrogen and oxygen atoms in total. The highest BCUT2D eigenvalue weighted by Crippen LogP contribution is 2.32. The first kappa shape index (κ1) is 19.7. The van der Waals surface area contributed by atoms with E-state index in [1.54, 1.807) is 18.8 Å². The normalized spacial score (nSPS) is 11.8. The van der Waals surface area contributed by atoms with E-state index in [4.69, 9.17) is 0 Å². The van der Waals surface area contributed by atoms with Gasteiger partial charge in [0.15, 0.2) is 0 Å². The van der Waals surface area contributed by atoms with E-state index in [1.807, 2.05) is 6.20 Å². The Morgan fingerprint density at radius 3 is 2.36 bits per heavy atom. The second-order valence-corrected chi connectivity index (χ2v) is 7.58. The molecular formula is C18H28N4O2S. The van der Waals surface area contributed by atoms with Crippen LogP contribution in [0.4, 0.5) is 0 Å². The van der Waals surface area contributed by atoms with E-state index < -0.39 is 0 Å². The van der Waals surface area contributed by atoms with Gasteiger partial charge in [0, 0.05) is 37.5 Å². The number of pyridine rings is 1. The lowest BCUT2D eigenvalue weighted by molar-refractivity contribution is 0.324. The van der Waals surface area contributed by atoms with Crippen LogP contribution >= 0.6 is 11.8 Å². The Balaban J connectivity index is 2.60. The van der Waals surface area contributed by atoms with E-state index >= 15 is 0 Å². The molecule has 2 aromatic rings. The molecule has 0 atom stereocenters. The maximum atomic E-state index is 12.8. The largest absolute Gasteiger partial charge is 0.332 e. The molecule has 0 radical (unpaired) electrons. The van der Waals surface area contributed by atoms with E-state index in [0.29, 0.717) is 11.0 Å². The van der Waals surface area contributed by atoms with E-state index in [-0.39, 0.29) is 17.2 Å². The molecule has 0 fully saturated rings.